The third-order valence-electron chi connectivity index (χ3n) is 0.532. The zero-order valence-corrected chi connectivity index (χ0v) is 6.27. The summed E-state index contributed by atoms with van der Waals surface area (Å²) >= 11 is 0. The van der Waals surface area contributed by atoms with Crippen molar-refractivity contribution in [3.05, 3.63) is 0 Å². The van der Waals surface area contributed by atoms with Gasteiger partial charge < -0.3 is 5.73 Å². The lowest BCUT2D eigenvalue weighted by Crippen LogP contribution is -2.12. The molecule has 0 spiro atoms. The third kappa shape index (κ3) is 4.11. The molecule has 0 aliphatic rings. The van der Waals surface area contributed by atoms with E-state index in [1.54, 1.807) is 13.8 Å². The average Bonchev–Trinajstić information content (AvgIpc) is 1.63. The van der Waals surface area contributed by atoms with Crippen LogP contribution in [-0.2, 0) is 10.0 Å². The summed E-state index contributed by atoms with van der Waals surface area (Å²) in [4.78, 5) is 0. The summed E-state index contributed by atoms with van der Waals surface area (Å²) in [6.07, 6.45) is 0. The lowest BCUT2D eigenvalue weighted by molar-refractivity contribution is 0.598. The second-order valence-electron chi connectivity index (χ2n) is 1.79. The van der Waals surface area contributed by atoms with Crippen molar-refractivity contribution in [1.82, 2.24) is 0 Å². The molecule has 0 radical (unpaired) electrons. The van der Waals surface area contributed by atoms with Crippen LogP contribution >= 0.6 is 0 Å². The number of nitrogens with two attached hydrogens (primary N) is 1. The van der Waals surface area contributed by atoms with Crippen LogP contribution in [0.2, 0.25) is 0 Å². The molecule has 0 amide bonds. The second kappa shape index (κ2) is 2.93. The summed E-state index contributed by atoms with van der Waals surface area (Å²) in [6.45, 7) is 3.21. The van der Waals surface area contributed by atoms with Crippen molar-refractivity contribution in [2.75, 3.05) is 5.88 Å². The zero-order valence-electron chi connectivity index (χ0n) is 5.46. The number of rotatable bonds is 2. The fraction of sp³-hybridized carbons (Fsp3) is 0.750. The first-order valence-electron chi connectivity index (χ1n) is 2.44. The maximum Gasteiger partial charge on any atom is 0.265 e. The third-order valence-corrected chi connectivity index (χ3v) is 1.60. The number of nitrogens with zero attached hydrogens (tertiary/aromatic N) is 1. The summed E-state index contributed by atoms with van der Waals surface area (Å²) in [6, 6.07) is 0. The van der Waals surface area contributed by atoms with E-state index in [1.165, 1.54) is 0 Å². The quantitative estimate of drug-likeness (QED) is 0.550. The summed E-state index contributed by atoms with van der Waals surface area (Å²) in [5.74, 6) is -0.418. The van der Waals surface area contributed by atoms with E-state index in [4.69, 9.17) is 5.73 Å². The van der Waals surface area contributed by atoms with Crippen molar-refractivity contribution in [1.29, 1.82) is 0 Å². The van der Waals surface area contributed by atoms with Crippen LogP contribution in [0.3, 0.4) is 0 Å². The number of hydrogen-bond donors (Lipinski definition) is 1. The lowest BCUT2D eigenvalue weighted by atomic mass is 10.5. The first-order valence-corrected chi connectivity index (χ1v) is 4.05. The molecule has 9 heavy (non-hydrogen) atoms. The summed E-state index contributed by atoms with van der Waals surface area (Å²) in [5, 5.41) is 0. The Morgan fingerprint density at radius 3 is 2.11 bits per heavy atom. The van der Waals surface area contributed by atoms with Gasteiger partial charge in [0, 0.05) is 5.71 Å². The maximum atomic E-state index is 10.5. The van der Waals surface area contributed by atoms with Crippen molar-refractivity contribution in [2.45, 2.75) is 13.8 Å². The SMILES string of the molecule is CC(C)=NS(=O)(=O)CN. The molecular weight excluding hydrogens is 140 g/mol. The van der Waals surface area contributed by atoms with Gasteiger partial charge in [-0.05, 0) is 13.8 Å². The van der Waals surface area contributed by atoms with Crippen LogP contribution in [0.25, 0.3) is 0 Å². The van der Waals surface area contributed by atoms with E-state index < -0.39 is 15.9 Å². The van der Waals surface area contributed by atoms with E-state index in [-0.39, 0.29) is 0 Å². The Morgan fingerprint density at radius 2 is 2.00 bits per heavy atom. The molecule has 0 rings (SSSR count). The van der Waals surface area contributed by atoms with E-state index in [2.05, 4.69) is 4.40 Å². The largest absolute Gasteiger partial charge is 0.316 e. The van der Waals surface area contributed by atoms with Crippen LogP contribution in [0.15, 0.2) is 4.40 Å². The Hall–Kier alpha value is -0.420. The molecule has 0 aliphatic heterocycles. The van der Waals surface area contributed by atoms with Gasteiger partial charge in [0.15, 0.2) is 0 Å². The molecule has 0 bridgehead atoms. The standard InChI is InChI=1S/C4H10N2O2S/c1-4(2)6-9(7,8)3-5/h3,5H2,1-2H3. The Kier molecular flexibility index (Phi) is 2.80. The molecule has 0 aliphatic carbocycles. The predicted octanol–water partition coefficient (Wildman–Crippen LogP) is -0.287. The molecule has 4 nitrogen and oxygen atoms in total. The molecular formula is C4H10N2O2S. The van der Waals surface area contributed by atoms with E-state index in [1.807, 2.05) is 0 Å². The van der Waals surface area contributed by atoms with Crippen LogP contribution in [0, 0.1) is 0 Å². The predicted molar refractivity (Wildman–Crippen MR) is 36.8 cm³/mol. The highest BCUT2D eigenvalue weighted by Gasteiger charge is 2.01. The Bertz CT molecular complexity index is 201. The molecule has 0 aromatic carbocycles. The van der Waals surface area contributed by atoms with E-state index in [0.717, 1.165) is 0 Å². The van der Waals surface area contributed by atoms with Crippen LogP contribution in [0.4, 0.5) is 0 Å². The van der Waals surface area contributed by atoms with Crippen molar-refractivity contribution in [3.63, 3.8) is 0 Å². The van der Waals surface area contributed by atoms with Gasteiger partial charge in [-0.2, -0.15) is 4.40 Å². The minimum Gasteiger partial charge on any atom is -0.316 e. The summed E-state index contributed by atoms with van der Waals surface area (Å²) in [7, 11) is -3.35. The molecule has 0 saturated carbocycles. The fourth-order valence-corrected chi connectivity index (χ4v) is 0.946. The number of sulfonamides is 1. The van der Waals surface area contributed by atoms with Gasteiger partial charge in [-0.1, -0.05) is 0 Å². The fourth-order valence-electron chi connectivity index (χ4n) is 0.315. The topological polar surface area (TPSA) is 72.5 Å². The van der Waals surface area contributed by atoms with Gasteiger partial charge in [0.05, 0.1) is 0 Å². The lowest BCUT2D eigenvalue weighted by Gasteiger charge is -1.90. The monoisotopic (exact) mass is 150 g/mol. The van der Waals surface area contributed by atoms with Gasteiger partial charge in [-0.15, -0.1) is 0 Å². The minimum absolute atomic E-state index is 0.418. The van der Waals surface area contributed by atoms with Crippen LogP contribution in [-0.4, -0.2) is 20.0 Å². The van der Waals surface area contributed by atoms with Crippen LogP contribution < -0.4 is 5.73 Å². The highest BCUT2D eigenvalue weighted by Crippen LogP contribution is 1.88. The molecule has 0 aromatic heterocycles. The molecule has 0 fully saturated rings. The van der Waals surface area contributed by atoms with Gasteiger partial charge in [0.25, 0.3) is 10.0 Å². The van der Waals surface area contributed by atoms with Crippen molar-refractivity contribution >= 4 is 15.7 Å². The first kappa shape index (κ1) is 8.58. The second-order valence-corrected chi connectivity index (χ2v) is 3.47. The van der Waals surface area contributed by atoms with Gasteiger partial charge >= 0.3 is 0 Å². The van der Waals surface area contributed by atoms with E-state index in [0.29, 0.717) is 5.71 Å². The molecule has 0 atom stereocenters. The first-order chi connectivity index (χ1) is 3.98. The number of hydrogen-bond acceptors (Lipinski definition) is 3. The van der Waals surface area contributed by atoms with Gasteiger partial charge in [0.2, 0.25) is 0 Å². The molecule has 0 saturated heterocycles. The molecule has 5 heteroatoms. The average molecular weight is 150 g/mol. The zero-order chi connectivity index (χ0) is 7.49. The highest BCUT2D eigenvalue weighted by molar-refractivity contribution is 7.90. The molecule has 0 unspecified atom stereocenters. The van der Waals surface area contributed by atoms with E-state index in [9.17, 15) is 8.42 Å². The smallest absolute Gasteiger partial charge is 0.265 e. The van der Waals surface area contributed by atoms with Crippen molar-refractivity contribution in [3.8, 4) is 0 Å². The normalized spacial score (nSPS) is 11.0. The van der Waals surface area contributed by atoms with Crippen molar-refractivity contribution in [2.24, 2.45) is 10.1 Å². The van der Waals surface area contributed by atoms with Gasteiger partial charge in [-0.25, -0.2) is 8.42 Å². The maximum absolute atomic E-state index is 10.5. The van der Waals surface area contributed by atoms with Crippen LogP contribution in [0.5, 0.6) is 0 Å². The summed E-state index contributed by atoms with van der Waals surface area (Å²) < 4.78 is 24.3. The van der Waals surface area contributed by atoms with Crippen LogP contribution in [0.1, 0.15) is 13.8 Å². The van der Waals surface area contributed by atoms with E-state index >= 15 is 0 Å². The summed E-state index contributed by atoms with van der Waals surface area (Å²) in [5.41, 5.74) is 5.36. The Balaban J connectivity index is 4.41. The molecule has 54 valence electrons. The van der Waals surface area contributed by atoms with Gasteiger partial charge in [0.1, 0.15) is 5.88 Å². The van der Waals surface area contributed by atoms with Gasteiger partial charge in [-0.3, -0.25) is 0 Å². The van der Waals surface area contributed by atoms with Crippen molar-refractivity contribution < 1.29 is 8.42 Å². The molecule has 0 heterocycles. The molecule has 2 N–H and O–H groups in total. The highest BCUT2D eigenvalue weighted by atomic mass is 32.2. The Morgan fingerprint density at radius 1 is 1.56 bits per heavy atom. The molecule has 0 aromatic rings. The Labute approximate surface area is 54.8 Å². The minimum atomic E-state index is -3.35.